The summed E-state index contributed by atoms with van der Waals surface area (Å²) in [5, 5.41) is 8.29. The summed E-state index contributed by atoms with van der Waals surface area (Å²) >= 11 is 0. The Morgan fingerprint density at radius 3 is 2.62 bits per heavy atom. The van der Waals surface area contributed by atoms with Gasteiger partial charge in [0.25, 0.3) is 0 Å². The number of aromatic nitrogens is 1. The van der Waals surface area contributed by atoms with Crippen LogP contribution < -0.4 is 16.0 Å². The van der Waals surface area contributed by atoms with Crippen LogP contribution in [0, 0.1) is 0 Å². The molecule has 6 nitrogen and oxygen atoms in total. The van der Waals surface area contributed by atoms with Gasteiger partial charge in [0, 0.05) is 25.2 Å². The molecule has 0 aliphatic rings. The van der Waals surface area contributed by atoms with Crippen LogP contribution in [-0.4, -0.2) is 29.5 Å². The predicted molar refractivity (Wildman–Crippen MR) is 81.7 cm³/mol. The average Bonchev–Trinajstić information content (AvgIpc) is 2.47. The Balaban J connectivity index is 2.24. The SMILES string of the molecule is CC[C@H](C)NC(=O)CCNC(=O)N[C@H](C)c1ccccn1. The first-order chi connectivity index (χ1) is 10.0. The maximum Gasteiger partial charge on any atom is 0.315 e. The van der Waals surface area contributed by atoms with Gasteiger partial charge in [0.15, 0.2) is 0 Å². The molecule has 0 saturated carbocycles. The highest BCUT2D eigenvalue weighted by Crippen LogP contribution is 2.06. The van der Waals surface area contributed by atoms with E-state index >= 15 is 0 Å². The van der Waals surface area contributed by atoms with E-state index in [1.807, 2.05) is 39.0 Å². The molecule has 21 heavy (non-hydrogen) atoms. The molecule has 116 valence electrons. The van der Waals surface area contributed by atoms with Crippen molar-refractivity contribution >= 4 is 11.9 Å². The zero-order chi connectivity index (χ0) is 15.7. The first kappa shape index (κ1) is 16.9. The third kappa shape index (κ3) is 6.74. The van der Waals surface area contributed by atoms with E-state index < -0.39 is 0 Å². The Labute approximate surface area is 125 Å². The molecule has 1 aromatic heterocycles. The number of urea groups is 1. The molecule has 0 aliphatic carbocycles. The molecule has 0 aliphatic heterocycles. The fourth-order valence-electron chi connectivity index (χ4n) is 1.69. The number of amides is 3. The standard InChI is InChI=1S/C15H24N4O2/c1-4-11(2)18-14(20)8-10-17-15(21)19-12(3)13-7-5-6-9-16-13/h5-7,9,11-12H,4,8,10H2,1-3H3,(H,18,20)(H2,17,19,21)/t11-,12+/m0/s1. The number of nitrogens with one attached hydrogen (secondary N) is 3. The van der Waals surface area contributed by atoms with Crippen molar-refractivity contribution in [2.24, 2.45) is 0 Å². The zero-order valence-electron chi connectivity index (χ0n) is 12.8. The molecule has 3 amide bonds. The molecule has 6 heteroatoms. The van der Waals surface area contributed by atoms with E-state index in [2.05, 4.69) is 20.9 Å². The number of pyridine rings is 1. The van der Waals surface area contributed by atoms with Crippen molar-refractivity contribution in [3.8, 4) is 0 Å². The van der Waals surface area contributed by atoms with Crippen LogP contribution in [0.15, 0.2) is 24.4 Å². The van der Waals surface area contributed by atoms with Crippen LogP contribution in [0.5, 0.6) is 0 Å². The fourth-order valence-corrected chi connectivity index (χ4v) is 1.69. The summed E-state index contributed by atoms with van der Waals surface area (Å²) in [6.07, 6.45) is 2.85. The lowest BCUT2D eigenvalue weighted by Crippen LogP contribution is -2.40. The van der Waals surface area contributed by atoms with Gasteiger partial charge in [-0.2, -0.15) is 0 Å². The quantitative estimate of drug-likeness (QED) is 0.716. The average molecular weight is 292 g/mol. The van der Waals surface area contributed by atoms with Gasteiger partial charge in [-0.25, -0.2) is 4.79 Å². The topological polar surface area (TPSA) is 83.1 Å². The number of rotatable bonds is 7. The van der Waals surface area contributed by atoms with Crippen molar-refractivity contribution in [2.45, 2.75) is 45.7 Å². The molecule has 0 fully saturated rings. The molecule has 0 aromatic carbocycles. The molecule has 0 radical (unpaired) electrons. The van der Waals surface area contributed by atoms with Crippen molar-refractivity contribution < 1.29 is 9.59 Å². The Morgan fingerprint density at radius 2 is 2.00 bits per heavy atom. The lowest BCUT2D eigenvalue weighted by atomic mass is 10.2. The smallest absolute Gasteiger partial charge is 0.315 e. The summed E-state index contributed by atoms with van der Waals surface area (Å²) in [4.78, 5) is 27.4. The summed E-state index contributed by atoms with van der Waals surface area (Å²) in [6, 6.07) is 5.23. The van der Waals surface area contributed by atoms with Gasteiger partial charge in [0.2, 0.25) is 5.91 Å². The molecule has 3 N–H and O–H groups in total. The van der Waals surface area contributed by atoms with Crippen LogP contribution in [0.4, 0.5) is 4.79 Å². The van der Waals surface area contributed by atoms with Crippen LogP contribution in [0.25, 0.3) is 0 Å². The minimum absolute atomic E-state index is 0.0533. The molecule has 0 bridgehead atoms. The van der Waals surface area contributed by atoms with Gasteiger partial charge in [0.05, 0.1) is 11.7 Å². The van der Waals surface area contributed by atoms with Crippen LogP contribution in [0.2, 0.25) is 0 Å². The molecule has 1 heterocycles. The normalized spacial score (nSPS) is 13.1. The van der Waals surface area contributed by atoms with Crippen LogP contribution in [0.3, 0.4) is 0 Å². The summed E-state index contributed by atoms with van der Waals surface area (Å²) in [5.74, 6) is -0.0533. The summed E-state index contributed by atoms with van der Waals surface area (Å²) in [6.45, 7) is 6.13. The van der Waals surface area contributed by atoms with Crippen LogP contribution in [0.1, 0.15) is 45.3 Å². The van der Waals surface area contributed by atoms with E-state index in [-0.39, 0.29) is 30.4 Å². The zero-order valence-corrected chi connectivity index (χ0v) is 12.8. The van der Waals surface area contributed by atoms with E-state index in [0.29, 0.717) is 6.54 Å². The van der Waals surface area contributed by atoms with Gasteiger partial charge in [-0.3, -0.25) is 9.78 Å². The number of nitrogens with zero attached hydrogens (tertiary/aromatic N) is 1. The van der Waals surface area contributed by atoms with Crippen molar-refractivity contribution in [1.82, 2.24) is 20.9 Å². The van der Waals surface area contributed by atoms with Gasteiger partial charge in [0.1, 0.15) is 0 Å². The first-order valence-electron chi connectivity index (χ1n) is 7.27. The van der Waals surface area contributed by atoms with E-state index in [9.17, 15) is 9.59 Å². The summed E-state index contributed by atoms with van der Waals surface area (Å²) < 4.78 is 0. The first-order valence-corrected chi connectivity index (χ1v) is 7.27. The minimum Gasteiger partial charge on any atom is -0.354 e. The lowest BCUT2D eigenvalue weighted by Gasteiger charge is -2.14. The van der Waals surface area contributed by atoms with Crippen molar-refractivity contribution in [2.75, 3.05) is 6.54 Å². The van der Waals surface area contributed by atoms with Crippen LogP contribution >= 0.6 is 0 Å². The molecular formula is C15H24N4O2. The van der Waals surface area contributed by atoms with E-state index in [0.717, 1.165) is 12.1 Å². The number of carbonyl (C=O) groups excluding carboxylic acids is 2. The van der Waals surface area contributed by atoms with Gasteiger partial charge in [-0.15, -0.1) is 0 Å². The molecular weight excluding hydrogens is 268 g/mol. The van der Waals surface area contributed by atoms with E-state index in [1.165, 1.54) is 0 Å². The second-order valence-corrected chi connectivity index (χ2v) is 5.00. The molecule has 0 saturated heterocycles. The third-order valence-electron chi connectivity index (χ3n) is 3.14. The maximum absolute atomic E-state index is 11.7. The van der Waals surface area contributed by atoms with Crippen molar-refractivity contribution in [3.63, 3.8) is 0 Å². The van der Waals surface area contributed by atoms with Crippen molar-refractivity contribution in [3.05, 3.63) is 30.1 Å². The molecule has 0 spiro atoms. The molecule has 1 aromatic rings. The summed E-state index contributed by atoms with van der Waals surface area (Å²) in [7, 11) is 0. The van der Waals surface area contributed by atoms with E-state index in [1.54, 1.807) is 6.20 Å². The molecule has 2 atom stereocenters. The third-order valence-corrected chi connectivity index (χ3v) is 3.14. The Morgan fingerprint density at radius 1 is 1.24 bits per heavy atom. The Hall–Kier alpha value is -2.11. The van der Waals surface area contributed by atoms with Gasteiger partial charge in [-0.05, 0) is 32.4 Å². The minimum atomic E-state index is -0.301. The monoisotopic (exact) mass is 292 g/mol. The van der Waals surface area contributed by atoms with Crippen molar-refractivity contribution in [1.29, 1.82) is 0 Å². The van der Waals surface area contributed by atoms with Gasteiger partial charge < -0.3 is 16.0 Å². The Bertz CT molecular complexity index is 450. The van der Waals surface area contributed by atoms with E-state index in [4.69, 9.17) is 0 Å². The number of hydrogen-bond donors (Lipinski definition) is 3. The molecule has 1 rings (SSSR count). The van der Waals surface area contributed by atoms with Gasteiger partial charge >= 0.3 is 6.03 Å². The maximum atomic E-state index is 11.7. The summed E-state index contributed by atoms with van der Waals surface area (Å²) in [5.41, 5.74) is 0.794. The van der Waals surface area contributed by atoms with Gasteiger partial charge in [-0.1, -0.05) is 13.0 Å². The number of hydrogen-bond acceptors (Lipinski definition) is 3. The molecule has 0 unspecified atom stereocenters. The second kappa shape index (κ2) is 8.94. The fraction of sp³-hybridized carbons (Fsp3) is 0.533. The second-order valence-electron chi connectivity index (χ2n) is 5.00. The van der Waals surface area contributed by atoms with Crippen LogP contribution in [-0.2, 0) is 4.79 Å². The Kier molecular flexibility index (Phi) is 7.21. The number of carbonyl (C=O) groups is 2. The largest absolute Gasteiger partial charge is 0.354 e. The highest BCUT2D eigenvalue weighted by Gasteiger charge is 2.10. The predicted octanol–water partition coefficient (Wildman–Crippen LogP) is 1.75. The highest BCUT2D eigenvalue weighted by atomic mass is 16.2. The highest BCUT2D eigenvalue weighted by molar-refractivity contribution is 5.78. The lowest BCUT2D eigenvalue weighted by molar-refractivity contribution is -0.121.